The molecular formula is C10H15N3O2. The fraction of sp³-hybridized carbons (Fsp3) is 0.600. The molecule has 5 nitrogen and oxygen atoms in total. The molecule has 0 aromatic carbocycles. The monoisotopic (exact) mass is 209 g/mol. The molecule has 0 saturated carbocycles. The number of nitrogens with zero attached hydrogens (tertiary/aromatic N) is 2. The lowest BCUT2D eigenvalue weighted by molar-refractivity contribution is 0.0557. The third kappa shape index (κ3) is 2.79. The van der Waals surface area contributed by atoms with Gasteiger partial charge in [0.25, 0.3) is 0 Å². The first kappa shape index (κ1) is 10.2. The van der Waals surface area contributed by atoms with Gasteiger partial charge in [-0.05, 0) is 18.8 Å². The Kier molecular flexibility index (Phi) is 3.34. The van der Waals surface area contributed by atoms with E-state index < -0.39 is 0 Å². The number of hydrogen-bond acceptors (Lipinski definition) is 3. The third-order valence-electron chi connectivity index (χ3n) is 2.54. The molecular weight excluding hydrogens is 194 g/mol. The van der Waals surface area contributed by atoms with Crippen LogP contribution in [0, 0.1) is 5.92 Å². The van der Waals surface area contributed by atoms with E-state index in [2.05, 4.69) is 10.3 Å². The molecule has 1 aromatic heterocycles. The quantitative estimate of drug-likeness (QED) is 0.786. The molecule has 1 amide bonds. The van der Waals surface area contributed by atoms with Crippen molar-refractivity contribution in [3.05, 3.63) is 18.7 Å². The predicted octanol–water partition coefficient (Wildman–Crippen LogP) is 0.867. The van der Waals surface area contributed by atoms with Crippen LogP contribution < -0.4 is 5.32 Å². The van der Waals surface area contributed by atoms with Gasteiger partial charge in [0.05, 0.1) is 6.61 Å². The lowest BCUT2D eigenvalue weighted by Gasteiger charge is -2.22. The summed E-state index contributed by atoms with van der Waals surface area (Å²) < 4.78 is 6.77. The van der Waals surface area contributed by atoms with Gasteiger partial charge in [-0.25, -0.2) is 9.78 Å². The van der Waals surface area contributed by atoms with Crippen LogP contribution in [0.3, 0.4) is 0 Å². The van der Waals surface area contributed by atoms with Crippen molar-refractivity contribution in [2.45, 2.75) is 12.8 Å². The van der Waals surface area contributed by atoms with Gasteiger partial charge in [-0.3, -0.25) is 4.57 Å². The number of ether oxygens (including phenoxy) is 1. The van der Waals surface area contributed by atoms with Crippen molar-refractivity contribution in [1.82, 2.24) is 14.9 Å². The van der Waals surface area contributed by atoms with E-state index in [-0.39, 0.29) is 6.03 Å². The average Bonchev–Trinajstić information content (AvgIpc) is 2.81. The van der Waals surface area contributed by atoms with Crippen LogP contribution in [0.5, 0.6) is 0 Å². The smallest absolute Gasteiger partial charge is 0.326 e. The molecule has 1 aromatic rings. The second kappa shape index (κ2) is 4.93. The second-order valence-electron chi connectivity index (χ2n) is 3.74. The minimum atomic E-state index is -0.127. The largest absolute Gasteiger partial charge is 0.381 e. The number of carbonyl (C=O) groups is 1. The van der Waals surface area contributed by atoms with Crippen LogP contribution in [0.25, 0.3) is 0 Å². The summed E-state index contributed by atoms with van der Waals surface area (Å²) in [5, 5.41) is 2.86. The van der Waals surface area contributed by atoms with Crippen LogP contribution in [-0.2, 0) is 4.74 Å². The summed E-state index contributed by atoms with van der Waals surface area (Å²) in [5.74, 6) is 0.450. The van der Waals surface area contributed by atoms with E-state index in [1.807, 2.05) is 0 Å². The fourth-order valence-corrected chi connectivity index (χ4v) is 1.67. The van der Waals surface area contributed by atoms with Crippen molar-refractivity contribution in [1.29, 1.82) is 0 Å². The zero-order valence-corrected chi connectivity index (χ0v) is 8.56. The zero-order valence-electron chi connectivity index (χ0n) is 8.56. The van der Waals surface area contributed by atoms with Gasteiger partial charge in [-0.1, -0.05) is 0 Å². The molecule has 0 aliphatic carbocycles. The van der Waals surface area contributed by atoms with Crippen LogP contribution in [-0.4, -0.2) is 35.3 Å². The van der Waals surface area contributed by atoms with E-state index >= 15 is 0 Å². The van der Waals surface area contributed by atoms with Crippen molar-refractivity contribution in [3.8, 4) is 0 Å². The van der Waals surface area contributed by atoms with Gasteiger partial charge in [0, 0.05) is 25.5 Å². The lowest BCUT2D eigenvalue weighted by atomic mass is 10.0. The molecule has 0 bridgehead atoms. The Hall–Kier alpha value is -1.36. The van der Waals surface area contributed by atoms with Crippen LogP contribution in [0.4, 0.5) is 4.79 Å². The number of hydrogen-bond donors (Lipinski definition) is 1. The highest BCUT2D eigenvalue weighted by molar-refractivity contribution is 5.76. The van der Waals surface area contributed by atoms with Gasteiger partial charge in [-0.2, -0.15) is 0 Å². The fourth-order valence-electron chi connectivity index (χ4n) is 1.67. The molecule has 2 rings (SSSR count). The molecule has 0 radical (unpaired) electrons. The lowest BCUT2D eigenvalue weighted by Crippen LogP contribution is -2.35. The summed E-state index contributed by atoms with van der Waals surface area (Å²) >= 11 is 0. The first-order chi connectivity index (χ1) is 7.36. The molecule has 1 aliphatic rings. The molecule has 5 heteroatoms. The van der Waals surface area contributed by atoms with E-state index in [1.165, 1.54) is 10.9 Å². The summed E-state index contributed by atoms with van der Waals surface area (Å²) in [6.45, 7) is 2.28. The molecule has 82 valence electrons. The Morgan fingerprint density at radius 2 is 2.60 bits per heavy atom. The maximum absolute atomic E-state index is 11.5. The van der Waals surface area contributed by atoms with Gasteiger partial charge >= 0.3 is 6.03 Å². The van der Waals surface area contributed by atoms with Crippen molar-refractivity contribution in [2.24, 2.45) is 5.92 Å². The number of aromatic nitrogens is 2. The summed E-state index contributed by atoms with van der Waals surface area (Å²) in [6.07, 6.45) is 6.93. The molecule has 15 heavy (non-hydrogen) atoms. The molecule has 1 saturated heterocycles. The van der Waals surface area contributed by atoms with Crippen LogP contribution in [0.15, 0.2) is 18.7 Å². The number of rotatable bonds is 2. The Labute approximate surface area is 88.4 Å². The van der Waals surface area contributed by atoms with Crippen LogP contribution in [0.2, 0.25) is 0 Å². The highest BCUT2D eigenvalue weighted by Crippen LogP contribution is 2.11. The molecule has 1 atom stereocenters. The van der Waals surface area contributed by atoms with Gasteiger partial charge in [0.15, 0.2) is 0 Å². The maximum Gasteiger partial charge on any atom is 0.326 e. The Morgan fingerprint density at radius 1 is 1.67 bits per heavy atom. The van der Waals surface area contributed by atoms with Crippen molar-refractivity contribution in [2.75, 3.05) is 19.8 Å². The standard InChI is InChI=1S/C10H15N3O2/c14-10(13-4-3-11-8-13)12-6-9-2-1-5-15-7-9/h3-4,8-9H,1-2,5-7H2,(H,12,14). The van der Waals surface area contributed by atoms with Gasteiger partial charge < -0.3 is 10.1 Å². The predicted molar refractivity (Wildman–Crippen MR) is 54.6 cm³/mol. The Morgan fingerprint density at radius 3 is 3.27 bits per heavy atom. The first-order valence-electron chi connectivity index (χ1n) is 5.20. The summed E-state index contributed by atoms with van der Waals surface area (Å²) in [7, 11) is 0. The topological polar surface area (TPSA) is 56.1 Å². The average molecular weight is 209 g/mol. The highest BCUT2D eigenvalue weighted by Gasteiger charge is 2.14. The van der Waals surface area contributed by atoms with E-state index in [1.54, 1.807) is 12.4 Å². The second-order valence-corrected chi connectivity index (χ2v) is 3.74. The van der Waals surface area contributed by atoms with E-state index in [9.17, 15) is 4.79 Å². The van der Waals surface area contributed by atoms with Gasteiger partial charge in [0.2, 0.25) is 0 Å². The minimum absolute atomic E-state index is 0.127. The van der Waals surface area contributed by atoms with Crippen molar-refractivity contribution < 1.29 is 9.53 Å². The number of carbonyl (C=O) groups excluding carboxylic acids is 1. The normalized spacial score (nSPS) is 21.2. The van der Waals surface area contributed by atoms with Crippen molar-refractivity contribution in [3.63, 3.8) is 0 Å². The number of nitrogens with one attached hydrogen (secondary N) is 1. The Balaban J connectivity index is 1.75. The SMILES string of the molecule is O=C(NCC1CCCOC1)n1ccnc1. The van der Waals surface area contributed by atoms with Gasteiger partial charge in [-0.15, -0.1) is 0 Å². The molecule has 1 unspecified atom stereocenters. The van der Waals surface area contributed by atoms with Gasteiger partial charge in [0.1, 0.15) is 6.33 Å². The molecule has 0 spiro atoms. The van der Waals surface area contributed by atoms with E-state index in [0.29, 0.717) is 12.5 Å². The highest BCUT2D eigenvalue weighted by atomic mass is 16.5. The molecule has 1 aliphatic heterocycles. The molecule has 1 N–H and O–H groups in total. The number of amides is 1. The Bertz CT molecular complexity index is 304. The maximum atomic E-state index is 11.5. The molecule has 1 fully saturated rings. The van der Waals surface area contributed by atoms with Crippen LogP contribution >= 0.6 is 0 Å². The minimum Gasteiger partial charge on any atom is -0.381 e. The van der Waals surface area contributed by atoms with E-state index in [4.69, 9.17) is 4.74 Å². The summed E-state index contributed by atoms with van der Waals surface area (Å²) in [4.78, 5) is 15.3. The van der Waals surface area contributed by atoms with E-state index in [0.717, 1.165) is 26.1 Å². The molecule has 2 heterocycles. The summed E-state index contributed by atoms with van der Waals surface area (Å²) in [6, 6.07) is -0.127. The first-order valence-corrected chi connectivity index (χ1v) is 5.20. The number of imidazole rings is 1. The van der Waals surface area contributed by atoms with Crippen molar-refractivity contribution >= 4 is 6.03 Å². The third-order valence-corrected chi connectivity index (χ3v) is 2.54. The van der Waals surface area contributed by atoms with Crippen LogP contribution in [0.1, 0.15) is 12.8 Å². The zero-order chi connectivity index (χ0) is 10.5. The summed E-state index contributed by atoms with van der Waals surface area (Å²) in [5.41, 5.74) is 0.